The van der Waals surface area contributed by atoms with Gasteiger partial charge in [0.1, 0.15) is 17.2 Å². The van der Waals surface area contributed by atoms with Gasteiger partial charge in [0.05, 0.1) is 11.0 Å². The molecule has 0 spiro atoms. The van der Waals surface area contributed by atoms with Crippen molar-refractivity contribution >= 4 is 40.0 Å². The van der Waals surface area contributed by atoms with Crippen molar-refractivity contribution in [2.45, 2.75) is 0 Å². The summed E-state index contributed by atoms with van der Waals surface area (Å²) >= 11 is 0. The highest BCUT2D eigenvalue weighted by Gasteiger charge is 2.23. The number of rotatable bonds is 5. The maximum atomic E-state index is 11.6. The van der Waals surface area contributed by atoms with Crippen LogP contribution in [0.1, 0.15) is 0 Å². The second-order valence-corrected chi connectivity index (χ2v) is 13.3. The summed E-state index contributed by atoms with van der Waals surface area (Å²) in [7, 11) is 2.18. The fourth-order valence-electron chi connectivity index (χ4n) is 7.70. The third-order valence-electron chi connectivity index (χ3n) is 10.2. The molecule has 10 rings (SSSR count). The highest BCUT2D eigenvalue weighted by molar-refractivity contribution is 6.71. The molecule has 2 heterocycles. The molecule has 1 radical (unpaired) electrons. The van der Waals surface area contributed by atoms with E-state index in [0.29, 0.717) is 0 Å². The van der Waals surface area contributed by atoms with Crippen LogP contribution < -0.4 is 15.7 Å². The van der Waals surface area contributed by atoms with Gasteiger partial charge in [0.2, 0.25) is 7.28 Å². The zero-order chi connectivity index (χ0) is 34.6. The molecule has 4 heteroatoms. The number of fused-ring (bicyclic) bond motifs is 5. The molecule has 0 unspecified atom stereocenters. The van der Waals surface area contributed by atoms with E-state index in [4.69, 9.17) is 4.74 Å². The van der Waals surface area contributed by atoms with Gasteiger partial charge in [-0.25, -0.2) is 0 Å². The Labute approximate surface area is 302 Å². The lowest BCUT2D eigenvalue weighted by atomic mass is 9.59. The Bertz CT molecular complexity index is 2770. The molecule has 0 atom stereocenters. The lowest BCUT2D eigenvalue weighted by Gasteiger charge is -2.23. The number of para-hydroxylation sites is 2. The minimum Gasteiger partial charge on any atom is -0.507 e. The molecule has 1 aromatic heterocycles. The zero-order valence-corrected chi connectivity index (χ0v) is 28.2. The van der Waals surface area contributed by atoms with Crippen LogP contribution in [-0.4, -0.2) is 17.0 Å². The van der Waals surface area contributed by atoms with Crippen molar-refractivity contribution in [3.63, 3.8) is 0 Å². The van der Waals surface area contributed by atoms with Crippen LogP contribution in [0.4, 0.5) is 0 Å². The Morgan fingerprint density at radius 3 is 1.79 bits per heavy atom. The average Bonchev–Trinajstić information content (AvgIpc) is 3.54. The fourth-order valence-corrected chi connectivity index (χ4v) is 7.70. The van der Waals surface area contributed by atoms with Crippen LogP contribution in [0.3, 0.4) is 0 Å². The number of aromatic nitrogens is 1. The normalized spacial score (nSPS) is 11.8. The Hall–Kier alpha value is -6.78. The maximum Gasteiger partial charge on any atom is 0.202 e. The predicted octanol–water partition coefficient (Wildman–Crippen LogP) is 10.9. The second-order valence-electron chi connectivity index (χ2n) is 13.3. The Morgan fingerprint density at radius 1 is 0.423 bits per heavy atom. The summed E-state index contributed by atoms with van der Waals surface area (Å²) in [4.78, 5) is 0. The molecule has 3 nitrogen and oxygen atoms in total. The van der Waals surface area contributed by atoms with E-state index in [9.17, 15) is 5.11 Å². The van der Waals surface area contributed by atoms with Crippen molar-refractivity contribution in [3.05, 3.63) is 182 Å². The SMILES string of the molecule is Oc1cc(-c2cccc(-n3c4ccccc4c4ccccc43)c2)ccc1-c1cccc2c1[B]c1cc(-c3cccc(-c4ccccc4)c3)ccc1O2. The van der Waals surface area contributed by atoms with Crippen molar-refractivity contribution in [2.75, 3.05) is 0 Å². The van der Waals surface area contributed by atoms with Crippen LogP contribution in [0.25, 0.3) is 72.0 Å². The van der Waals surface area contributed by atoms with E-state index in [1.807, 2.05) is 36.4 Å². The summed E-state index contributed by atoms with van der Waals surface area (Å²) < 4.78 is 8.77. The number of aromatic hydroxyl groups is 1. The summed E-state index contributed by atoms with van der Waals surface area (Å²) in [6.07, 6.45) is 0. The second kappa shape index (κ2) is 12.2. The first kappa shape index (κ1) is 30.1. The Balaban J connectivity index is 0.983. The highest BCUT2D eigenvalue weighted by atomic mass is 16.5. The number of benzene rings is 8. The van der Waals surface area contributed by atoms with Gasteiger partial charge >= 0.3 is 0 Å². The summed E-state index contributed by atoms with van der Waals surface area (Å²) in [6.45, 7) is 0. The number of nitrogens with zero attached hydrogens (tertiary/aromatic N) is 1. The van der Waals surface area contributed by atoms with E-state index < -0.39 is 0 Å². The van der Waals surface area contributed by atoms with Gasteiger partial charge in [-0.05, 0) is 98.4 Å². The van der Waals surface area contributed by atoms with Crippen LogP contribution in [0.2, 0.25) is 0 Å². The first-order valence-electron chi connectivity index (χ1n) is 17.6. The first-order valence-corrected chi connectivity index (χ1v) is 17.6. The van der Waals surface area contributed by atoms with Crippen LogP contribution in [0.5, 0.6) is 17.2 Å². The van der Waals surface area contributed by atoms with Crippen LogP contribution >= 0.6 is 0 Å². The topological polar surface area (TPSA) is 34.4 Å². The summed E-state index contributed by atoms with van der Waals surface area (Å²) in [6, 6.07) is 63.0. The monoisotopic (exact) mass is 664 g/mol. The van der Waals surface area contributed by atoms with Gasteiger partial charge in [-0.15, -0.1) is 0 Å². The van der Waals surface area contributed by atoms with Gasteiger partial charge in [0.25, 0.3) is 0 Å². The Morgan fingerprint density at radius 2 is 1.02 bits per heavy atom. The van der Waals surface area contributed by atoms with E-state index in [1.165, 1.54) is 32.9 Å². The molecule has 1 aliphatic rings. The van der Waals surface area contributed by atoms with Crippen LogP contribution in [0.15, 0.2) is 182 Å². The summed E-state index contributed by atoms with van der Waals surface area (Å²) in [5.74, 6) is 1.81. The third-order valence-corrected chi connectivity index (χ3v) is 10.2. The third kappa shape index (κ3) is 5.08. The largest absolute Gasteiger partial charge is 0.507 e. The van der Waals surface area contributed by atoms with Crippen molar-refractivity contribution < 1.29 is 9.84 Å². The maximum absolute atomic E-state index is 11.6. The molecule has 1 aliphatic heterocycles. The summed E-state index contributed by atoms with van der Waals surface area (Å²) in [5, 5.41) is 14.1. The number of hydrogen-bond acceptors (Lipinski definition) is 2. The van der Waals surface area contributed by atoms with Crippen molar-refractivity contribution in [2.24, 2.45) is 0 Å². The molecule has 0 saturated carbocycles. The van der Waals surface area contributed by atoms with Crippen molar-refractivity contribution in [1.29, 1.82) is 0 Å². The minimum absolute atomic E-state index is 0.221. The molecule has 0 bridgehead atoms. The molecule has 0 fully saturated rings. The number of phenols is 1. The van der Waals surface area contributed by atoms with Crippen molar-refractivity contribution in [1.82, 2.24) is 4.57 Å². The molecule has 0 amide bonds. The summed E-state index contributed by atoms with van der Waals surface area (Å²) in [5.41, 5.74) is 13.6. The lowest BCUT2D eigenvalue weighted by Crippen LogP contribution is -2.35. The molecule has 0 aliphatic carbocycles. The Kier molecular flexibility index (Phi) is 7.07. The van der Waals surface area contributed by atoms with Gasteiger partial charge in [-0.3, -0.25) is 0 Å². The van der Waals surface area contributed by atoms with Gasteiger partial charge in [0, 0.05) is 22.0 Å². The fraction of sp³-hybridized carbons (Fsp3) is 0. The molecule has 9 aromatic rings. The number of phenolic OH excluding ortho intramolecular Hbond substituents is 1. The standard InChI is InChI=1S/C48H31BNO2/c51-45-30-36(34-15-9-16-37(28-34)50-43-20-6-4-17-38(43)39-18-5-7-21-44(39)50)23-25-40(45)41-19-10-22-47-48(41)49-42-29-35(24-26-46(42)52-47)33-14-8-13-32(27-33)31-11-2-1-3-12-31/h1-30,51H. The van der Waals surface area contributed by atoms with E-state index in [2.05, 4.69) is 157 Å². The van der Waals surface area contributed by atoms with Crippen LogP contribution in [0, 0.1) is 0 Å². The molecule has 0 saturated heterocycles. The van der Waals surface area contributed by atoms with Crippen molar-refractivity contribution in [3.8, 4) is 67.4 Å². The van der Waals surface area contributed by atoms with Gasteiger partial charge in [-0.2, -0.15) is 0 Å². The highest BCUT2D eigenvalue weighted by Crippen LogP contribution is 2.38. The molecule has 243 valence electrons. The lowest BCUT2D eigenvalue weighted by molar-refractivity contribution is 0.477. The molecular formula is C48H31BNO2. The average molecular weight is 665 g/mol. The molecule has 52 heavy (non-hydrogen) atoms. The van der Waals surface area contributed by atoms with E-state index in [-0.39, 0.29) is 5.75 Å². The van der Waals surface area contributed by atoms with E-state index >= 15 is 0 Å². The van der Waals surface area contributed by atoms with Gasteiger partial charge < -0.3 is 14.4 Å². The quantitative estimate of drug-likeness (QED) is 0.186. The molecule has 8 aromatic carbocycles. The van der Waals surface area contributed by atoms with Crippen LogP contribution in [-0.2, 0) is 0 Å². The van der Waals surface area contributed by atoms with E-state index in [1.54, 1.807) is 0 Å². The van der Waals surface area contributed by atoms with Gasteiger partial charge in [0.15, 0.2) is 0 Å². The minimum atomic E-state index is 0.221. The first-order chi connectivity index (χ1) is 25.7. The zero-order valence-electron chi connectivity index (χ0n) is 28.2. The number of ether oxygens (including phenoxy) is 1. The predicted molar refractivity (Wildman–Crippen MR) is 216 cm³/mol. The smallest absolute Gasteiger partial charge is 0.202 e. The molecule has 1 N–H and O–H groups in total. The van der Waals surface area contributed by atoms with E-state index in [0.717, 1.165) is 61.5 Å². The van der Waals surface area contributed by atoms with Gasteiger partial charge in [-0.1, -0.05) is 133 Å². The molecular weight excluding hydrogens is 633 g/mol. The number of hydrogen-bond donors (Lipinski definition) is 1.